The van der Waals surface area contributed by atoms with Gasteiger partial charge in [-0.3, -0.25) is 19.0 Å². The van der Waals surface area contributed by atoms with Gasteiger partial charge in [-0.15, -0.1) is 0 Å². The number of carbonyl (C=O) groups is 1. The third kappa shape index (κ3) is 5.01. The number of benzene rings is 3. The van der Waals surface area contributed by atoms with Crippen molar-refractivity contribution in [3.8, 4) is 5.69 Å². The van der Waals surface area contributed by atoms with Gasteiger partial charge in [0.25, 0.3) is 21.5 Å². The number of amides is 1. The summed E-state index contributed by atoms with van der Waals surface area (Å²) in [6.45, 7) is 1.67. The number of sulfonamides is 1. The molecule has 0 aliphatic heterocycles. The summed E-state index contributed by atoms with van der Waals surface area (Å²) in [5.41, 5.74) is 0.688. The average Bonchev–Trinajstić information content (AvgIpc) is 3.02. The molecule has 8 nitrogen and oxygen atoms in total. The lowest BCUT2D eigenvalue weighted by Gasteiger charge is -2.13. The Morgan fingerprint density at radius 2 is 1.61 bits per heavy atom. The van der Waals surface area contributed by atoms with Crippen LogP contribution in [0.5, 0.6) is 0 Å². The predicted molar refractivity (Wildman–Crippen MR) is 142 cm³/mol. The van der Waals surface area contributed by atoms with Crippen molar-refractivity contribution in [3.05, 3.63) is 103 Å². The Balaban J connectivity index is 1.70. The number of anilines is 2. The van der Waals surface area contributed by atoms with E-state index in [9.17, 15) is 18.0 Å². The minimum Gasteiger partial charge on any atom is -0.316 e. The van der Waals surface area contributed by atoms with E-state index in [1.165, 1.54) is 16.8 Å². The molecule has 0 spiro atoms. The summed E-state index contributed by atoms with van der Waals surface area (Å²) < 4.78 is 31.4. The molecule has 4 aromatic rings. The third-order valence-electron chi connectivity index (χ3n) is 5.43. The van der Waals surface area contributed by atoms with Gasteiger partial charge >= 0.3 is 0 Å². The Labute approximate surface area is 222 Å². The molecule has 0 radical (unpaired) electrons. The molecule has 0 aliphatic rings. The highest BCUT2D eigenvalue weighted by Gasteiger charge is 2.25. The fourth-order valence-electron chi connectivity index (χ4n) is 3.56. The average molecular weight is 566 g/mol. The smallest absolute Gasteiger partial charge is 0.295 e. The molecule has 0 saturated carbocycles. The van der Waals surface area contributed by atoms with Crippen LogP contribution in [0.3, 0.4) is 0 Å². The van der Waals surface area contributed by atoms with Crippen LogP contribution in [0.4, 0.5) is 11.4 Å². The molecule has 0 aliphatic carbocycles. The summed E-state index contributed by atoms with van der Waals surface area (Å²) in [5, 5.41) is 2.63. The van der Waals surface area contributed by atoms with Gasteiger partial charge in [0.1, 0.15) is 10.6 Å². The lowest BCUT2D eigenvalue weighted by atomic mass is 10.2. The van der Waals surface area contributed by atoms with E-state index >= 15 is 0 Å². The molecule has 36 heavy (non-hydrogen) atoms. The molecule has 0 saturated heterocycles. The fraction of sp³-hybridized carbons (Fsp3) is 0.0833. The lowest BCUT2D eigenvalue weighted by Crippen LogP contribution is -2.23. The number of nitrogens with one attached hydrogen (secondary N) is 2. The van der Waals surface area contributed by atoms with Gasteiger partial charge in [-0.2, -0.15) is 0 Å². The third-order valence-corrected chi connectivity index (χ3v) is 7.82. The van der Waals surface area contributed by atoms with E-state index in [4.69, 9.17) is 34.8 Å². The summed E-state index contributed by atoms with van der Waals surface area (Å²) in [4.78, 5) is 25.9. The number of hydrogen-bond donors (Lipinski definition) is 2. The van der Waals surface area contributed by atoms with Crippen LogP contribution in [0, 0.1) is 6.92 Å². The van der Waals surface area contributed by atoms with Gasteiger partial charge in [-0.1, -0.05) is 59.1 Å². The predicted octanol–water partition coefficient (Wildman–Crippen LogP) is 5.50. The van der Waals surface area contributed by atoms with Crippen LogP contribution in [-0.2, 0) is 17.1 Å². The highest BCUT2D eigenvalue weighted by molar-refractivity contribution is 7.92. The van der Waals surface area contributed by atoms with Gasteiger partial charge in [-0.05, 0) is 49.4 Å². The molecule has 4 rings (SSSR count). The number of hydrogen-bond acceptors (Lipinski definition) is 4. The summed E-state index contributed by atoms with van der Waals surface area (Å²) in [6, 6.07) is 17.2. The van der Waals surface area contributed by atoms with Crippen molar-refractivity contribution in [1.82, 2.24) is 9.36 Å². The second kappa shape index (κ2) is 10.0. The molecular formula is C24H19Cl3N4O4S. The quantitative estimate of drug-likeness (QED) is 0.322. The topological polar surface area (TPSA) is 102 Å². The summed E-state index contributed by atoms with van der Waals surface area (Å²) in [7, 11) is -2.53. The number of aromatic nitrogens is 2. The van der Waals surface area contributed by atoms with Crippen molar-refractivity contribution in [2.75, 3.05) is 10.0 Å². The molecule has 1 heterocycles. The zero-order valence-corrected chi connectivity index (χ0v) is 22.0. The zero-order chi connectivity index (χ0) is 26.2. The maximum Gasteiger partial charge on any atom is 0.295 e. The molecule has 12 heteroatoms. The Morgan fingerprint density at radius 3 is 2.28 bits per heavy atom. The van der Waals surface area contributed by atoms with E-state index < -0.39 is 21.5 Å². The maximum absolute atomic E-state index is 13.2. The van der Waals surface area contributed by atoms with Crippen LogP contribution >= 0.6 is 34.8 Å². The second-order valence-electron chi connectivity index (χ2n) is 7.77. The molecule has 186 valence electrons. The van der Waals surface area contributed by atoms with Crippen molar-refractivity contribution in [1.29, 1.82) is 0 Å². The Morgan fingerprint density at radius 1 is 0.917 bits per heavy atom. The van der Waals surface area contributed by atoms with Crippen molar-refractivity contribution in [3.63, 3.8) is 0 Å². The van der Waals surface area contributed by atoms with Gasteiger partial charge in [-0.25, -0.2) is 13.1 Å². The van der Waals surface area contributed by atoms with Gasteiger partial charge in [0.2, 0.25) is 0 Å². The van der Waals surface area contributed by atoms with Crippen LogP contribution in [0.1, 0.15) is 16.1 Å². The minimum atomic E-state index is -4.21. The van der Waals surface area contributed by atoms with Crippen LogP contribution < -0.4 is 15.6 Å². The molecular weight excluding hydrogens is 547 g/mol. The molecule has 0 bridgehead atoms. The first-order valence-corrected chi connectivity index (χ1v) is 13.0. The summed E-state index contributed by atoms with van der Waals surface area (Å²) in [5.74, 6) is -0.776. The zero-order valence-electron chi connectivity index (χ0n) is 18.9. The highest BCUT2D eigenvalue weighted by atomic mass is 35.5. The van der Waals surface area contributed by atoms with Crippen molar-refractivity contribution < 1.29 is 13.2 Å². The second-order valence-corrected chi connectivity index (χ2v) is 10.7. The monoisotopic (exact) mass is 564 g/mol. The minimum absolute atomic E-state index is 0.0267. The van der Waals surface area contributed by atoms with Crippen molar-refractivity contribution >= 4 is 62.1 Å². The van der Waals surface area contributed by atoms with Crippen LogP contribution in [0.15, 0.2) is 76.4 Å². The van der Waals surface area contributed by atoms with Crippen molar-refractivity contribution in [2.45, 2.75) is 11.8 Å². The Hall–Kier alpha value is -3.24. The van der Waals surface area contributed by atoms with Crippen LogP contribution in [-0.4, -0.2) is 23.7 Å². The standard InChI is InChI=1S/C24H19Cl3N4O4S/c1-14-22(24(33)31(30(14)2)17-9-4-3-5-10-17)28-23(32)18-12-21(20(27)13-19(18)26)36(34,35)29-16-8-6-7-15(25)11-16/h3-13,29H,1-2H3,(H,28,32). The largest absolute Gasteiger partial charge is 0.316 e. The normalized spacial score (nSPS) is 11.4. The van der Waals surface area contributed by atoms with Gasteiger partial charge in [0.15, 0.2) is 0 Å². The molecule has 0 unspecified atom stereocenters. The SMILES string of the molecule is Cc1c(NC(=O)c2cc(S(=O)(=O)Nc3cccc(Cl)c3)c(Cl)cc2Cl)c(=O)n(-c2ccccc2)n1C. The van der Waals surface area contributed by atoms with Gasteiger partial charge < -0.3 is 5.32 Å². The number of halogens is 3. The fourth-order valence-corrected chi connectivity index (χ4v) is 5.66. The van der Waals surface area contributed by atoms with E-state index in [1.807, 2.05) is 6.07 Å². The maximum atomic E-state index is 13.2. The van der Waals surface area contributed by atoms with Crippen LogP contribution in [0.2, 0.25) is 15.1 Å². The molecule has 0 fully saturated rings. The summed E-state index contributed by atoms with van der Waals surface area (Å²) >= 11 is 18.3. The Bertz CT molecular complexity index is 1650. The van der Waals surface area contributed by atoms with E-state index in [1.54, 1.807) is 55.1 Å². The van der Waals surface area contributed by atoms with Gasteiger partial charge in [0.05, 0.1) is 32.7 Å². The molecule has 1 aromatic heterocycles. The highest BCUT2D eigenvalue weighted by Crippen LogP contribution is 2.31. The first-order chi connectivity index (χ1) is 17.0. The number of rotatable bonds is 6. The van der Waals surface area contributed by atoms with Crippen LogP contribution in [0.25, 0.3) is 5.69 Å². The first-order valence-electron chi connectivity index (χ1n) is 10.4. The first kappa shape index (κ1) is 25.8. The van der Waals surface area contributed by atoms with Crippen molar-refractivity contribution in [2.24, 2.45) is 7.05 Å². The van der Waals surface area contributed by atoms with Gasteiger partial charge in [0, 0.05) is 12.1 Å². The number of nitrogens with zero attached hydrogens (tertiary/aromatic N) is 2. The molecule has 3 aromatic carbocycles. The van der Waals surface area contributed by atoms with E-state index in [0.717, 1.165) is 12.1 Å². The molecule has 2 N–H and O–H groups in total. The van der Waals surface area contributed by atoms with E-state index in [2.05, 4.69) is 10.0 Å². The molecule has 0 atom stereocenters. The lowest BCUT2D eigenvalue weighted by molar-refractivity contribution is 0.102. The molecule has 1 amide bonds. The van der Waals surface area contributed by atoms with E-state index in [-0.39, 0.29) is 31.9 Å². The Kier molecular flexibility index (Phi) is 7.19. The number of para-hydroxylation sites is 1. The number of carbonyl (C=O) groups excluding carboxylic acids is 1. The summed E-state index contributed by atoms with van der Waals surface area (Å²) in [6.07, 6.45) is 0. The van der Waals surface area contributed by atoms with E-state index in [0.29, 0.717) is 16.4 Å².